The smallest absolute Gasteiger partial charge is 0.265 e. The molecule has 1 aliphatic rings. The summed E-state index contributed by atoms with van der Waals surface area (Å²) in [5.41, 5.74) is 2.99. The van der Waals surface area contributed by atoms with Crippen LogP contribution < -0.4 is 19.7 Å². The summed E-state index contributed by atoms with van der Waals surface area (Å²) in [6.07, 6.45) is 0. The number of nitrogens with one attached hydrogen (secondary N) is 1. The van der Waals surface area contributed by atoms with Gasteiger partial charge in [-0.15, -0.1) is 0 Å². The minimum atomic E-state index is -0.475. The summed E-state index contributed by atoms with van der Waals surface area (Å²) in [4.78, 5) is 27.8. The topological polar surface area (TPSA) is 67.9 Å². The lowest BCUT2D eigenvalue weighted by Gasteiger charge is -2.30. The zero-order valence-corrected chi connectivity index (χ0v) is 19.7. The lowest BCUT2D eigenvalue weighted by molar-refractivity contribution is -0.121. The molecule has 180 valence electrons. The molecule has 6 nitrogen and oxygen atoms in total. The van der Waals surface area contributed by atoms with Gasteiger partial charge in [0.15, 0.2) is 6.61 Å². The third kappa shape index (κ3) is 5.23. The molecule has 1 heterocycles. The first-order valence-corrected chi connectivity index (χ1v) is 11.8. The summed E-state index contributed by atoms with van der Waals surface area (Å²) in [6, 6.07) is 34.2. The van der Waals surface area contributed by atoms with Gasteiger partial charge in [0.25, 0.3) is 5.91 Å². The molecule has 0 aliphatic carbocycles. The van der Waals surface area contributed by atoms with Gasteiger partial charge in [0.1, 0.15) is 18.1 Å². The third-order valence-electron chi connectivity index (χ3n) is 6.02. The Morgan fingerprint density at radius 1 is 0.861 bits per heavy atom. The Bertz CT molecular complexity index is 1290. The predicted molar refractivity (Wildman–Crippen MR) is 140 cm³/mol. The van der Waals surface area contributed by atoms with Gasteiger partial charge in [-0.3, -0.25) is 9.59 Å². The number of carbonyl (C=O) groups is 2. The third-order valence-corrected chi connectivity index (χ3v) is 6.02. The van der Waals surface area contributed by atoms with Crippen LogP contribution in [0.15, 0.2) is 109 Å². The zero-order chi connectivity index (χ0) is 24.7. The highest BCUT2D eigenvalue weighted by atomic mass is 16.5. The Morgan fingerprint density at radius 2 is 1.47 bits per heavy atom. The molecule has 0 unspecified atom stereocenters. The first kappa shape index (κ1) is 23.2. The van der Waals surface area contributed by atoms with E-state index in [4.69, 9.17) is 9.47 Å². The number of hydrogen-bond donors (Lipinski definition) is 1. The Labute approximate surface area is 210 Å². The molecule has 6 heteroatoms. The average molecular weight is 479 g/mol. The number of para-hydroxylation sites is 1. The van der Waals surface area contributed by atoms with Gasteiger partial charge in [-0.05, 0) is 41.5 Å². The van der Waals surface area contributed by atoms with Crippen LogP contribution in [-0.4, -0.2) is 31.6 Å². The molecule has 0 bridgehead atoms. The maximum Gasteiger partial charge on any atom is 0.265 e. The predicted octanol–water partition coefficient (Wildman–Crippen LogP) is 5.26. The first-order valence-electron chi connectivity index (χ1n) is 11.8. The van der Waals surface area contributed by atoms with Gasteiger partial charge < -0.3 is 19.7 Å². The van der Waals surface area contributed by atoms with E-state index >= 15 is 0 Å². The SMILES string of the molecule is O=C(Nc1ccc2c(c1)N(CCOc1ccccc1)C(=O)CO2)C(c1ccccc1)c1ccccc1. The van der Waals surface area contributed by atoms with E-state index in [1.807, 2.05) is 91.0 Å². The van der Waals surface area contributed by atoms with E-state index in [2.05, 4.69) is 5.32 Å². The summed E-state index contributed by atoms with van der Waals surface area (Å²) in [5, 5.41) is 3.04. The van der Waals surface area contributed by atoms with E-state index < -0.39 is 5.92 Å². The maximum atomic E-state index is 13.5. The molecule has 0 radical (unpaired) electrons. The van der Waals surface area contributed by atoms with Gasteiger partial charge in [-0.1, -0.05) is 78.9 Å². The van der Waals surface area contributed by atoms with E-state index in [0.717, 1.165) is 16.9 Å². The number of amides is 2. The number of benzene rings is 4. The minimum absolute atomic E-state index is 0.0336. The first-order chi connectivity index (χ1) is 17.7. The second kappa shape index (κ2) is 10.8. The van der Waals surface area contributed by atoms with Crippen LogP contribution >= 0.6 is 0 Å². The van der Waals surface area contributed by atoms with Crippen molar-refractivity contribution in [3.05, 3.63) is 120 Å². The molecule has 4 aromatic rings. The molecule has 0 fully saturated rings. The number of ether oxygens (including phenoxy) is 2. The Kier molecular flexibility index (Phi) is 6.94. The number of fused-ring (bicyclic) bond motifs is 1. The van der Waals surface area contributed by atoms with Crippen molar-refractivity contribution in [2.75, 3.05) is 30.0 Å². The minimum Gasteiger partial charge on any atom is -0.492 e. The second-order valence-electron chi connectivity index (χ2n) is 8.42. The molecule has 4 aromatic carbocycles. The van der Waals surface area contributed by atoms with Crippen LogP contribution in [0.1, 0.15) is 17.0 Å². The fourth-order valence-electron chi connectivity index (χ4n) is 4.30. The van der Waals surface area contributed by atoms with Crippen molar-refractivity contribution in [3.63, 3.8) is 0 Å². The molecule has 0 spiro atoms. The molecule has 0 saturated heterocycles. The summed E-state index contributed by atoms with van der Waals surface area (Å²) >= 11 is 0. The fraction of sp³-hybridized carbons (Fsp3) is 0.133. The monoisotopic (exact) mass is 478 g/mol. The summed E-state index contributed by atoms with van der Waals surface area (Å²) in [7, 11) is 0. The Morgan fingerprint density at radius 3 is 2.11 bits per heavy atom. The standard InChI is InChI=1S/C30H26N2O4/c33-28-21-36-27-17-16-24(20-26(27)32(28)18-19-35-25-14-8-3-9-15-25)31-30(34)29(22-10-4-1-5-11-22)23-12-6-2-7-13-23/h1-17,20,29H,18-19,21H2,(H,31,34). The number of rotatable bonds is 8. The van der Waals surface area contributed by atoms with Crippen molar-refractivity contribution >= 4 is 23.2 Å². The van der Waals surface area contributed by atoms with Gasteiger partial charge in [0.05, 0.1) is 18.2 Å². The average Bonchev–Trinajstić information content (AvgIpc) is 2.92. The van der Waals surface area contributed by atoms with Crippen LogP contribution in [0, 0.1) is 0 Å². The summed E-state index contributed by atoms with van der Waals surface area (Å²) in [5.74, 6) is 0.544. The van der Waals surface area contributed by atoms with Crippen LogP contribution in [0.2, 0.25) is 0 Å². The number of carbonyl (C=O) groups excluding carboxylic acids is 2. The van der Waals surface area contributed by atoms with Crippen molar-refractivity contribution in [2.24, 2.45) is 0 Å². The quantitative estimate of drug-likeness (QED) is 0.375. The van der Waals surface area contributed by atoms with Gasteiger partial charge in [-0.25, -0.2) is 0 Å². The van der Waals surface area contributed by atoms with Crippen LogP contribution in [-0.2, 0) is 9.59 Å². The summed E-state index contributed by atoms with van der Waals surface area (Å²) < 4.78 is 11.4. The number of anilines is 2. The molecular formula is C30H26N2O4. The van der Waals surface area contributed by atoms with E-state index in [1.54, 1.807) is 23.1 Å². The largest absolute Gasteiger partial charge is 0.492 e. The van der Waals surface area contributed by atoms with Crippen molar-refractivity contribution in [1.82, 2.24) is 0 Å². The Hall–Kier alpha value is -4.58. The van der Waals surface area contributed by atoms with Crippen molar-refractivity contribution in [1.29, 1.82) is 0 Å². The maximum absolute atomic E-state index is 13.5. The molecule has 0 saturated carbocycles. The lowest BCUT2D eigenvalue weighted by atomic mass is 9.90. The number of nitrogens with zero attached hydrogens (tertiary/aromatic N) is 1. The Balaban J connectivity index is 1.36. The van der Waals surface area contributed by atoms with Crippen LogP contribution in [0.5, 0.6) is 11.5 Å². The van der Waals surface area contributed by atoms with E-state index in [1.165, 1.54) is 0 Å². The van der Waals surface area contributed by atoms with Crippen molar-refractivity contribution in [2.45, 2.75) is 5.92 Å². The zero-order valence-electron chi connectivity index (χ0n) is 19.7. The number of hydrogen-bond acceptors (Lipinski definition) is 4. The van der Waals surface area contributed by atoms with Gasteiger partial charge in [0, 0.05) is 5.69 Å². The molecule has 1 aliphatic heterocycles. The highest BCUT2D eigenvalue weighted by Crippen LogP contribution is 2.35. The van der Waals surface area contributed by atoms with Gasteiger partial charge >= 0.3 is 0 Å². The van der Waals surface area contributed by atoms with Crippen molar-refractivity contribution < 1.29 is 19.1 Å². The van der Waals surface area contributed by atoms with Crippen LogP contribution in [0.4, 0.5) is 11.4 Å². The highest BCUT2D eigenvalue weighted by Gasteiger charge is 2.27. The highest BCUT2D eigenvalue weighted by molar-refractivity contribution is 6.01. The fourth-order valence-corrected chi connectivity index (χ4v) is 4.30. The molecule has 2 amide bonds. The lowest BCUT2D eigenvalue weighted by Crippen LogP contribution is -2.41. The molecular weight excluding hydrogens is 452 g/mol. The van der Waals surface area contributed by atoms with Crippen LogP contribution in [0.25, 0.3) is 0 Å². The van der Waals surface area contributed by atoms with Gasteiger partial charge in [-0.2, -0.15) is 0 Å². The molecule has 0 aromatic heterocycles. The molecule has 36 heavy (non-hydrogen) atoms. The normalized spacial score (nSPS) is 12.6. The van der Waals surface area contributed by atoms with E-state index in [9.17, 15) is 9.59 Å². The van der Waals surface area contributed by atoms with E-state index in [0.29, 0.717) is 30.3 Å². The summed E-state index contributed by atoms with van der Waals surface area (Å²) in [6.45, 7) is 0.655. The van der Waals surface area contributed by atoms with Gasteiger partial charge in [0.2, 0.25) is 5.91 Å². The molecule has 5 rings (SSSR count). The molecule has 1 N–H and O–H groups in total. The van der Waals surface area contributed by atoms with E-state index in [-0.39, 0.29) is 18.4 Å². The van der Waals surface area contributed by atoms with Crippen molar-refractivity contribution in [3.8, 4) is 11.5 Å². The van der Waals surface area contributed by atoms with Crippen LogP contribution in [0.3, 0.4) is 0 Å². The molecule has 0 atom stereocenters. The second-order valence-corrected chi connectivity index (χ2v) is 8.42.